The van der Waals surface area contributed by atoms with Crippen LogP contribution in [0, 0.1) is 11.3 Å². The summed E-state index contributed by atoms with van der Waals surface area (Å²) in [6, 6.07) is 11.8. The van der Waals surface area contributed by atoms with E-state index >= 15 is 0 Å². The fourth-order valence-corrected chi connectivity index (χ4v) is 1.53. The van der Waals surface area contributed by atoms with Gasteiger partial charge in [-0.05, 0) is 26.3 Å². The Morgan fingerprint density at radius 2 is 1.89 bits per heavy atom. The van der Waals surface area contributed by atoms with Gasteiger partial charge < -0.3 is 10.6 Å². The Hall–Kier alpha value is -2.28. The van der Waals surface area contributed by atoms with Gasteiger partial charge in [0.15, 0.2) is 0 Å². The maximum absolute atomic E-state index is 11.7. The molecule has 1 aromatic carbocycles. The molecule has 0 aliphatic rings. The van der Waals surface area contributed by atoms with Gasteiger partial charge in [0, 0.05) is 18.3 Å². The monoisotopic (exact) mass is 257 g/mol. The SMILES string of the molecule is CC(C)NC(=O)/C(C#N)=C\NC(C)c1ccccc1. The average molecular weight is 257 g/mol. The van der Waals surface area contributed by atoms with Crippen molar-refractivity contribution in [1.29, 1.82) is 5.26 Å². The fourth-order valence-electron chi connectivity index (χ4n) is 1.53. The molecule has 0 aromatic heterocycles. The molecular weight excluding hydrogens is 238 g/mol. The Morgan fingerprint density at radius 1 is 1.26 bits per heavy atom. The van der Waals surface area contributed by atoms with Crippen LogP contribution in [-0.2, 0) is 4.79 Å². The quantitative estimate of drug-likeness (QED) is 0.628. The normalized spacial score (nSPS) is 12.7. The minimum Gasteiger partial charge on any atom is -0.383 e. The molecule has 0 heterocycles. The highest BCUT2D eigenvalue weighted by molar-refractivity contribution is 5.97. The molecule has 4 nitrogen and oxygen atoms in total. The lowest BCUT2D eigenvalue weighted by Gasteiger charge is -2.13. The number of nitrogens with zero attached hydrogens (tertiary/aromatic N) is 1. The topological polar surface area (TPSA) is 64.9 Å². The molecule has 0 bridgehead atoms. The minimum absolute atomic E-state index is 0.01000. The molecule has 1 amide bonds. The lowest BCUT2D eigenvalue weighted by molar-refractivity contribution is -0.117. The van der Waals surface area contributed by atoms with Crippen LogP contribution in [0.1, 0.15) is 32.4 Å². The molecule has 0 aliphatic carbocycles. The Bertz CT molecular complexity index is 486. The molecule has 0 saturated carbocycles. The summed E-state index contributed by atoms with van der Waals surface area (Å²) in [5.74, 6) is -0.356. The predicted octanol–water partition coefficient (Wildman–Crippen LogP) is 2.27. The first-order chi connectivity index (χ1) is 9.04. The maximum atomic E-state index is 11.7. The fraction of sp³-hybridized carbons (Fsp3) is 0.333. The lowest BCUT2D eigenvalue weighted by Crippen LogP contribution is -2.31. The highest BCUT2D eigenvalue weighted by Crippen LogP contribution is 2.11. The molecule has 0 fully saturated rings. The zero-order valence-corrected chi connectivity index (χ0v) is 11.5. The van der Waals surface area contributed by atoms with Crippen molar-refractivity contribution in [2.75, 3.05) is 0 Å². The third-order valence-corrected chi connectivity index (χ3v) is 2.56. The minimum atomic E-state index is -0.356. The summed E-state index contributed by atoms with van der Waals surface area (Å²) in [5, 5.41) is 14.7. The standard InChI is InChI=1S/C15H19N3O/c1-11(2)18-15(19)14(9-16)10-17-12(3)13-7-5-4-6-8-13/h4-8,10-12,17H,1-3H3,(H,18,19)/b14-10-. The van der Waals surface area contributed by atoms with Crippen LogP contribution in [0.3, 0.4) is 0 Å². The van der Waals surface area contributed by atoms with Crippen LogP contribution in [-0.4, -0.2) is 11.9 Å². The van der Waals surface area contributed by atoms with Crippen LogP contribution in [0.25, 0.3) is 0 Å². The molecule has 0 aliphatic heterocycles. The van der Waals surface area contributed by atoms with Crippen LogP contribution in [0.5, 0.6) is 0 Å². The van der Waals surface area contributed by atoms with Crippen molar-refractivity contribution in [1.82, 2.24) is 10.6 Å². The molecule has 19 heavy (non-hydrogen) atoms. The third-order valence-electron chi connectivity index (χ3n) is 2.56. The second kappa shape index (κ2) is 7.22. The molecule has 1 unspecified atom stereocenters. The number of nitriles is 1. The number of benzene rings is 1. The van der Waals surface area contributed by atoms with Crippen molar-refractivity contribution < 1.29 is 4.79 Å². The number of nitrogens with one attached hydrogen (secondary N) is 2. The van der Waals surface area contributed by atoms with E-state index in [0.29, 0.717) is 0 Å². The van der Waals surface area contributed by atoms with Gasteiger partial charge in [-0.3, -0.25) is 4.79 Å². The van der Waals surface area contributed by atoms with Crippen LogP contribution >= 0.6 is 0 Å². The van der Waals surface area contributed by atoms with E-state index in [-0.39, 0.29) is 23.6 Å². The van der Waals surface area contributed by atoms with Gasteiger partial charge in [-0.15, -0.1) is 0 Å². The molecule has 0 saturated heterocycles. The van der Waals surface area contributed by atoms with E-state index < -0.39 is 0 Å². The summed E-state index contributed by atoms with van der Waals surface area (Å²) >= 11 is 0. The van der Waals surface area contributed by atoms with E-state index in [9.17, 15) is 4.79 Å². The van der Waals surface area contributed by atoms with Crippen molar-refractivity contribution in [3.8, 4) is 6.07 Å². The van der Waals surface area contributed by atoms with Crippen LogP contribution < -0.4 is 10.6 Å². The van der Waals surface area contributed by atoms with E-state index in [1.54, 1.807) is 0 Å². The lowest BCUT2D eigenvalue weighted by atomic mass is 10.1. The number of hydrogen-bond donors (Lipinski definition) is 2. The molecule has 2 N–H and O–H groups in total. The smallest absolute Gasteiger partial charge is 0.263 e. The van der Waals surface area contributed by atoms with E-state index in [0.717, 1.165) is 5.56 Å². The van der Waals surface area contributed by atoms with Gasteiger partial charge in [-0.2, -0.15) is 5.26 Å². The zero-order chi connectivity index (χ0) is 14.3. The molecule has 4 heteroatoms. The largest absolute Gasteiger partial charge is 0.383 e. The second-order valence-corrected chi connectivity index (χ2v) is 4.60. The Morgan fingerprint density at radius 3 is 2.42 bits per heavy atom. The molecule has 0 radical (unpaired) electrons. The van der Waals surface area contributed by atoms with Gasteiger partial charge in [-0.1, -0.05) is 30.3 Å². The van der Waals surface area contributed by atoms with Crippen molar-refractivity contribution >= 4 is 5.91 Å². The first-order valence-corrected chi connectivity index (χ1v) is 6.26. The zero-order valence-electron chi connectivity index (χ0n) is 11.5. The summed E-state index contributed by atoms with van der Waals surface area (Å²) in [5.41, 5.74) is 1.18. The van der Waals surface area contributed by atoms with E-state index in [2.05, 4.69) is 10.6 Å². The second-order valence-electron chi connectivity index (χ2n) is 4.60. The van der Waals surface area contributed by atoms with E-state index in [1.807, 2.05) is 57.2 Å². The van der Waals surface area contributed by atoms with E-state index in [1.165, 1.54) is 6.20 Å². The van der Waals surface area contributed by atoms with Crippen molar-refractivity contribution in [2.45, 2.75) is 32.9 Å². The number of carbonyl (C=O) groups is 1. The summed E-state index contributed by atoms with van der Waals surface area (Å²) in [6.07, 6.45) is 1.47. The molecule has 0 spiro atoms. The predicted molar refractivity (Wildman–Crippen MR) is 75.0 cm³/mol. The van der Waals surface area contributed by atoms with Crippen molar-refractivity contribution in [2.24, 2.45) is 0 Å². The number of amides is 1. The summed E-state index contributed by atoms with van der Waals surface area (Å²) in [7, 11) is 0. The van der Waals surface area contributed by atoms with E-state index in [4.69, 9.17) is 5.26 Å². The Kier molecular flexibility index (Phi) is 5.62. The summed E-state index contributed by atoms with van der Waals surface area (Å²) in [4.78, 5) is 11.7. The average Bonchev–Trinajstić information content (AvgIpc) is 2.39. The molecule has 1 atom stereocenters. The maximum Gasteiger partial charge on any atom is 0.263 e. The summed E-state index contributed by atoms with van der Waals surface area (Å²) in [6.45, 7) is 5.68. The number of hydrogen-bond acceptors (Lipinski definition) is 3. The van der Waals surface area contributed by atoms with Crippen LogP contribution in [0.2, 0.25) is 0 Å². The first-order valence-electron chi connectivity index (χ1n) is 6.26. The molecular formula is C15H19N3O. The van der Waals surface area contributed by atoms with Crippen LogP contribution in [0.4, 0.5) is 0 Å². The molecule has 1 aromatic rings. The number of rotatable bonds is 5. The Labute approximate surface area is 114 Å². The van der Waals surface area contributed by atoms with Gasteiger partial charge in [0.2, 0.25) is 0 Å². The van der Waals surface area contributed by atoms with Gasteiger partial charge in [0.1, 0.15) is 11.6 Å². The molecule has 1 rings (SSSR count). The number of carbonyl (C=O) groups excluding carboxylic acids is 1. The van der Waals surface area contributed by atoms with Crippen molar-refractivity contribution in [3.05, 3.63) is 47.7 Å². The van der Waals surface area contributed by atoms with Crippen LogP contribution in [0.15, 0.2) is 42.1 Å². The Balaban J connectivity index is 2.68. The van der Waals surface area contributed by atoms with Gasteiger partial charge in [-0.25, -0.2) is 0 Å². The van der Waals surface area contributed by atoms with Gasteiger partial charge in [0.05, 0.1) is 0 Å². The summed E-state index contributed by atoms with van der Waals surface area (Å²) < 4.78 is 0. The van der Waals surface area contributed by atoms with Crippen molar-refractivity contribution in [3.63, 3.8) is 0 Å². The van der Waals surface area contributed by atoms with Gasteiger partial charge >= 0.3 is 0 Å². The third kappa shape index (κ3) is 4.84. The van der Waals surface area contributed by atoms with Gasteiger partial charge in [0.25, 0.3) is 5.91 Å². The highest BCUT2D eigenvalue weighted by atomic mass is 16.1. The highest BCUT2D eigenvalue weighted by Gasteiger charge is 2.10. The molecule has 100 valence electrons. The first kappa shape index (κ1) is 14.8.